The third-order valence-corrected chi connectivity index (χ3v) is 3.50. The predicted molar refractivity (Wildman–Crippen MR) is 66.4 cm³/mol. The lowest BCUT2D eigenvalue weighted by atomic mass is 9.91. The Morgan fingerprint density at radius 1 is 1.18 bits per heavy atom. The zero-order valence-corrected chi connectivity index (χ0v) is 9.98. The van der Waals surface area contributed by atoms with Gasteiger partial charge in [-0.05, 0) is 37.0 Å². The van der Waals surface area contributed by atoms with Crippen molar-refractivity contribution in [3.63, 3.8) is 0 Å². The summed E-state index contributed by atoms with van der Waals surface area (Å²) in [6.45, 7) is 0. The van der Waals surface area contributed by atoms with Crippen LogP contribution in [0.3, 0.4) is 0 Å². The van der Waals surface area contributed by atoms with Crippen LogP contribution in [-0.4, -0.2) is 5.78 Å². The Bertz CT molecular complexity index is 427. The SMILES string of the molecule is N#Cc1ccc(CC2CCCCCC2=O)cc1. The van der Waals surface area contributed by atoms with Crippen LogP contribution in [0.15, 0.2) is 24.3 Å². The number of nitriles is 1. The van der Waals surface area contributed by atoms with Gasteiger partial charge in [-0.25, -0.2) is 0 Å². The molecule has 1 aromatic carbocycles. The second-order valence-electron chi connectivity index (χ2n) is 4.78. The zero-order chi connectivity index (χ0) is 12.1. The fourth-order valence-corrected chi connectivity index (χ4v) is 2.45. The summed E-state index contributed by atoms with van der Waals surface area (Å²) in [5.74, 6) is 0.622. The minimum absolute atomic E-state index is 0.199. The minimum Gasteiger partial charge on any atom is -0.299 e. The van der Waals surface area contributed by atoms with Gasteiger partial charge in [0.05, 0.1) is 11.6 Å². The lowest BCUT2D eigenvalue weighted by molar-refractivity contribution is -0.122. The molecule has 2 nitrogen and oxygen atoms in total. The second kappa shape index (κ2) is 5.63. The molecular formula is C15H17NO. The molecule has 1 aromatic rings. The van der Waals surface area contributed by atoms with E-state index in [9.17, 15) is 4.79 Å². The molecule has 0 heterocycles. The van der Waals surface area contributed by atoms with Crippen molar-refractivity contribution in [3.8, 4) is 6.07 Å². The summed E-state index contributed by atoms with van der Waals surface area (Å²) < 4.78 is 0. The number of rotatable bonds is 2. The molecule has 2 heteroatoms. The predicted octanol–water partition coefficient (Wildman–Crippen LogP) is 3.25. The van der Waals surface area contributed by atoms with Gasteiger partial charge in [0.25, 0.3) is 0 Å². The summed E-state index contributed by atoms with van der Waals surface area (Å²) >= 11 is 0. The van der Waals surface area contributed by atoms with Crippen molar-refractivity contribution >= 4 is 5.78 Å². The summed E-state index contributed by atoms with van der Waals surface area (Å²) in [5.41, 5.74) is 1.85. The molecule has 0 N–H and O–H groups in total. The van der Waals surface area contributed by atoms with Crippen LogP contribution in [0.5, 0.6) is 0 Å². The summed E-state index contributed by atoms with van der Waals surface area (Å²) in [5, 5.41) is 8.73. The third kappa shape index (κ3) is 3.17. The number of carbonyl (C=O) groups is 1. The van der Waals surface area contributed by atoms with Gasteiger partial charge in [0.15, 0.2) is 0 Å². The fraction of sp³-hybridized carbons (Fsp3) is 0.467. The lowest BCUT2D eigenvalue weighted by Gasteiger charge is -2.12. The van der Waals surface area contributed by atoms with E-state index < -0.39 is 0 Å². The molecule has 2 rings (SSSR count). The first-order valence-electron chi connectivity index (χ1n) is 6.31. The van der Waals surface area contributed by atoms with Crippen LogP contribution in [0.25, 0.3) is 0 Å². The number of ketones is 1. The van der Waals surface area contributed by atoms with Gasteiger partial charge in [-0.3, -0.25) is 4.79 Å². The largest absolute Gasteiger partial charge is 0.299 e. The number of carbonyl (C=O) groups excluding carboxylic acids is 1. The number of benzene rings is 1. The number of nitrogens with zero attached hydrogens (tertiary/aromatic N) is 1. The Balaban J connectivity index is 2.03. The molecule has 0 aliphatic heterocycles. The summed E-state index contributed by atoms with van der Waals surface area (Å²) in [4.78, 5) is 11.9. The average Bonchev–Trinajstić information content (AvgIpc) is 2.56. The van der Waals surface area contributed by atoms with Crippen molar-refractivity contribution < 1.29 is 4.79 Å². The van der Waals surface area contributed by atoms with E-state index in [0.717, 1.165) is 25.7 Å². The van der Waals surface area contributed by atoms with Gasteiger partial charge in [-0.15, -0.1) is 0 Å². The van der Waals surface area contributed by atoms with E-state index >= 15 is 0 Å². The second-order valence-corrected chi connectivity index (χ2v) is 4.78. The number of Topliss-reactive ketones (excluding diaryl/α,β-unsaturated/α-hetero) is 1. The van der Waals surface area contributed by atoms with Gasteiger partial charge in [0.2, 0.25) is 0 Å². The van der Waals surface area contributed by atoms with Crippen molar-refractivity contribution in [1.82, 2.24) is 0 Å². The smallest absolute Gasteiger partial charge is 0.136 e. The maximum Gasteiger partial charge on any atom is 0.136 e. The fourth-order valence-electron chi connectivity index (χ4n) is 2.45. The van der Waals surface area contributed by atoms with Crippen molar-refractivity contribution in [2.45, 2.75) is 38.5 Å². The van der Waals surface area contributed by atoms with Gasteiger partial charge < -0.3 is 0 Å². The topological polar surface area (TPSA) is 40.9 Å². The van der Waals surface area contributed by atoms with E-state index in [2.05, 4.69) is 6.07 Å². The average molecular weight is 227 g/mol. The minimum atomic E-state index is 0.199. The van der Waals surface area contributed by atoms with Crippen molar-refractivity contribution in [3.05, 3.63) is 35.4 Å². The van der Waals surface area contributed by atoms with Crippen molar-refractivity contribution in [2.24, 2.45) is 5.92 Å². The van der Waals surface area contributed by atoms with Crippen LogP contribution in [0.4, 0.5) is 0 Å². The molecule has 0 spiro atoms. The summed E-state index contributed by atoms with van der Waals surface area (Å²) in [7, 11) is 0. The van der Waals surface area contributed by atoms with Gasteiger partial charge in [0, 0.05) is 12.3 Å². The summed E-state index contributed by atoms with van der Waals surface area (Å²) in [6, 6.07) is 9.71. The highest BCUT2D eigenvalue weighted by Crippen LogP contribution is 2.23. The quantitative estimate of drug-likeness (QED) is 0.728. The highest BCUT2D eigenvalue weighted by molar-refractivity contribution is 5.81. The first-order chi connectivity index (χ1) is 8.29. The van der Waals surface area contributed by atoms with Crippen LogP contribution in [0, 0.1) is 17.2 Å². The van der Waals surface area contributed by atoms with E-state index in [-0.39, 0.29) is 5.92 Å². The molecule has 0 saturated heterocycles. The Hall–Kier alpha value is -1.62. The molecule has 1 fully saturated rings. The van der Waals surface area contributed by atoms with Gasteiger partial charge in [-0.2, -0.15) is 5.26 Å². The van der Waals surface area contributed by atoms with Gasteiger partial charge >= 0.3 is 0 Å². The Kier molecular flexibility index (Phi) is 3.93. The molecule has 1 atom stereocenters. The molecule has 1 saturated carbocycles. The lowest BCUT2D eigenvalue weighted by Crippen LogP contribution is -2.15. The first-order valence-corrected chi connectivity index (χ1v) is 6.31. The Morgan fingerprint density at radius 3 is 2.65 bits per heavy atom. The molecule has 17 heavy (non-hydrogen) atoms. The maximum absolute atomic E-state index is 11.9. The van der Waals surface area contributed by atoms with Crippen LogP contribution < -0.4 is 0 Å². The normalized spacial score (nSPS) is 20.6. The number of hydrogen-bond donors (Lipinski definition) is 0. The molecule has 0 bridgehead atoms. The van der Waals surface area contributed by atoms with Gasteiger partial charge in [0.1, 0.15) is 5.78 Å². The Morgan fingerprint density at radius 2 is 1.94 bits per heavy atom. The van der Waals surface area contributed by atoms with E-state index in [1.807, 2.05) is 24.3 Å². The molecular weight excluding hydrogens is 210 g/mol. The van der Waals surface area contributed by atoms with E-state index in [1.54, 1.807) is 0 Å². The first kappa shape index (κ1) is 11.9. The summed E-state index contributed by atoms with van der Waals surface area (Å²) in [6.07, 6.45) is 6.04. The monoisotopic (exact) mass is 227 g/mol. The molecule has 0 amide bonds. The maximum atomic E-state index is 11.9. The molecule has 0 radical (unpaired) electrons. The highest BCUT2D eigenvalue weighted by atomic mass is 16.1. The van der Waals surface area contributed by atoms with Crippen LogP contribution >= 0.6 is 0 Å². The Labute approximate surface area is 102 Å². The van der Waals surface area contributed by atoms with E-state index in [1.165, 1.54) is 18.4 Å². The zero-order valence-electron chi connectivity index (χ0n) is 9.98. The van der Waals surface area contributed by atoms with E-state index in [4.69, 9.17) is 5.26 Å². The third-order valence-electron chi connectivity index (χ3n) is 3.50. The number of hydrogen-bond acceptors (Lipinski definition) is 2. The molecule has 1 aliphatic carbocycles. The molecule has 0 aromatic heterocycles. The van der Waals surface area contributed by atoms with Crippen LogP contribution in [0.2, 0.25) is 0 Å². The highest BCUT2D eigenvalue weighted by Gasteiger charge is 2.20. The molecule has 88 valence electrons. The van der Waals surface area contributed by atoms with Crippen molar-refractivity contribution in [2.75, 3.05) is 0 Å². The van der Waals surface area contributed by atoms with Gasteiger partial charge in [-0.1, -0.05) is 25.0 Å². The van der Waals surface area contributed by atoms with Crippen molar-refractivity contribution in [1.29, 1.82) is 5.26 Å². The van der Waals surface area contributed by atoms with Crippen LogP contribution in [-0.2, 0) is 11.2 Å². The standard InChI is InChI=1S/C15H17NO/c16-11-13-8-6-12(7-9-13)10-14-4-2-1-3-5-15(14)17/h6-9,14H,1-5,10H2. The van der Waals surface area contributed by atoms with Crippen LogP contribution in [0.1, 0.15) is 43.2 Å². The molecule has 1 unspecified atom stereocenters. The molecule has 1 aliphatic rings. The van der Waals surface area contributed by atoms with E-state index in [0.29, 0.717) is 11.3 Å².